The Hall–Kier alpha value is -1.95. The molecule has 1 amide bonds. The molecule has 0 bridgehead atoms. The first-order valence-electron chi connectivity index (χ1n) is 6.11. The molecule has 2 rings (SSSR count). The second-order valence-electron chi connectivity index (χ2n) is 5.03. The number of carbonyl (C=O) groups is 2. The molecule has 0 aliphatic carbocycles. The summed E-state index contributed by atoms with van der Waals surface area (Å²) >= 11 is 0. The zero-order valence-electron chi connectivity index (χ0n) is 10.7. The summed E-state index contributed by atoms with van der Waals surface area (Å²) in [5, 5.41) is 19.0. The Morgan fingerprint density at radius 1 is 1.47 bits per heavy atom. The van der Waals surface area contributed by atoms with Crippen LogP contribution in [0.1, 0.15) is 40.6 Å². The lowest BCUT2D eigenvalue weighted by Gasteiger charge is -2.36. The number of aromatic nitrogens is 1. The molecule has 19 heavy (non-hydrogen) atoms. The SMILES string of the molecule is CC1(O)CCCN(C(=O)c2ncccc2C(=O)O)C1. The van der Waals surface area contributed by atoms with Gasteiger partial charge in [-0.2, -0.15) is 0 Å². The van der Waals surface area contributed by atoms with E-state index in [1.54, 1.807) is 6.92 Å². The largest absolute Gasteiger partial charge is 0.478 e. The topological polar surface area (TPSA) is 90.7 Å². The molecule has 1 saturated heterocycles. The highest BCUT2D eigenvalue weighted by molar-refractivity contribution is 6.03. The number of nitrogens with zero attached hydrogens (tertiary/aromatic N) is 2. The van der Waals surface area contributed by atoms with Crippen molar-refractivity contribution >= 4 is 11.9 Å². The van der Waals surface area contributed by atoms with Crippen LogP contribution >= 0.6 is 0 Å². The lowest BCUT2D eigenvalue weighted by molar-refractivity contribution is -0.0109. The Balaban J connectivity index is 2.27. The Labute approximate surface area is 110 Å². The minimum absolute atomic E-state index is 0.0762. The highest BCUT2D eigenvalue weighted by Gasteiger charge is 2.33. The van der Waals surface area contributed by atoms with Crippen LogP contribution in [-0.2, 0) is 0 Å². The van der Waals surface area contributed by atoms with E-state index in [-0.39, 0.29) is 17.8 Å². The average molecular weight is 264 g/mol. The number of carboxylic acids is 1. The Bertz CT molecular complexity index is 513. The van der Waals surface area contributed by atoms with Gasteiger partial charge in [-0.15, -0.1) is 0 Å². The normalized spacial score (nSPS) is 23.2. The molecule has 1 atom stereocenters. The molecule has 6 heteroatoms. The van der Waals surface area contributed by atoms with Crippen molar-refractivity contribution in [1.82, 2.24) is 9.88 Å². The van der Waals surface area contributed by atoms with Crippen LogP contribution in [-0.4, -0.2) is 50.7 Å². The van der Waals surface area contributed by atoms with Gasteiger partial charge in [-0.3, -0.25) is 9.78 Å². The second-order valence-corrected chi connectivity index (χ2v) is 5.03. The third-order valence-corrected chi connectivity index (χ3v) is 3.20. The maximum absolute atomic E-state index is 12.3. The number of hydrogen-bond acceptors (Lipinski definition) is 4. The van der Waals surface area contributed by atoms with E-state index in [2.05, 4.69) is 4.98 Å². The van der Waals surface area contributed by atoms with Crippen molar-refractivity contribution in [2.45, 2.75) is 25.4 Å². The zero-order valence-corrected chi connectivity index (χ0v) is 10.7. The smallest absolute Gasteiger partial charge is 0.338 e. The molecule has 0 spiro atoms. The molecular weight excluding hydrogens is 248 g/mol. The number of rotatable bonds is 2. The standard InChI is InChI=1S/C13H16N2O4/c1-13(19)5-3-7-15(8-13)11(16)10-9(12(17)18)4-2-6-14-10/h2,4,6,19H,3,5,7-8H2,1H3,(H,17,18). The van der Waals surface area contributed by atoms with Crippen LogP contribution in [0.3, 0.4) is 0 Å². The molecule has 2 N–H and O–H groups in total. The number of carbonyl (C=O) groups excluding carboxylic acids is 1. The molecule has 6 nitrogen and oxygen atoms in total. The minimum atomic E-state index is -1.18. The summed E-state index contributed by atoms with van der Waals surface area (Å²) in [5.74, 6) is -1.63. The van der Waals surface area contributed by atoms with Crippen LogP contribution in [0.5, 0.6) is 0 Å². The number of aliphatic hydroxyl groups is 1. The van der Waals surface area contributed by atoms with Crippen LogP contribution in [0.4, 0.5) is 0 Å². The summed E-state index contributed by atoms with van der Waals surface area (Å²) in [7, 11) is 0. The van der Waals surface area contributed by atoms with Gasteiger partial charge in [-0.05, 0) is 31.9 Å². The Kier molecular flexibility index (Phi) is 3.53. The van der Waals surface area contributed by atoms with Gasteiger partial charge < -0.3 is 15.1 Å². The highest BCUT2D eigenvalue weighted by Crippen LogP contribution is 2.22. The van der Waals surface area contributed by atoms with E-state index >= 15 is 0 Å². The van der Waals surface area contributed by atoms with Crippen molar-refractivity contribution < 1.29 is 19.8 Å². The number of β-amino-alcohol motifs (C(OH)–C–C–N with tert-alkyl or cyclic N) is 1. The van der Waals surface area contributed by atoms with Gasteiger partial charge in [0.25, 0.3) is 5.91 Å². The van der Waals surface area contributed by atoms with Gasteiger partial charge in [-0.25, -0.2) is 4.79 Å². The molecule has 0 radical (unpaired) electrons. The minimum Gasteiger partial charge on any atom is -0.478 e. The summed E-state index contributed by atoms with van der Waals surface area (Å²) in [4.78, 5) is 28.7. The van der Waals surface area contributed by atoms with Crippen molar-refractivity contribution in [1.29, 1.82) is 0 Å². The van der Waals surface area contributed by atoms with Crippen molar-refractivity contribution in [3.63, 3.8) is 0 Å². The molecule has 1 fully saturated rings. The fourth-order valence-electron chi connectivity index (χ4n) is 2.29. The predicted octanol–water partition coefficient (Wildman–Crippen LogP) is 0.767. The molecular formula is C13H16N2O4. The lowest BCUT2D eigenvalue weighted by Crippen LogP contribution is -2.49. The van der Waals surface area contributed by atoms with Gasteiger partial charge in [0.1, 0.15) is 5.69 Å². The first-order valence-corrected chi connectivity index (χ1v) is 6.11. The number of hydrogen-bond donors (Lipinski definition) is 2. The van der Waals surface area contributed by atoms with E-state index in [1.807, 2.05) is 0 Å². The monoisotopic (exact) mass is 264 g/mol. The third kappa shape index (κ3) is 2.90. The molecule has 1 aromatic heterocycles. The van der Waals surface area contributed by atoms with Gasteiger partial charge in [0.2, 0.25) is 0 Å². The number of aromatic carboxylic acids is 1. The van der Waals surface area contributed by atoms with Crippen LogP contribution in [0, 0.1) is 0 Å². The number of pyridine rings is 1. The maximum atomic E-state index is 12.3. The molecule has 0 saturated carbocycles. The maximum Gasteiger partial charge on any atom is 0.338 e. The van der Waals surface area contributed by atoms with Gasteiger partial charge in [-0.1, -0.05) is 0 Å². The van der Waals surface area contributed by atoms with Crippen molar-refractivity contribution in [3.8, 4) is 0 Å². The number of piperidine rings is 1. The molecule has 2 heterocycles. The molecule has 102 valence electrons. The first-order chi connectivity index (χ1) is 8.91. The van der Waals surface area contributed by atoms with Crippen molar-refractivity contribution in [2.75, 3.05) is 13.1 Å². The van der Waals surface area contributed by atoms with Crippen molar-refractivity contribution in [3.05, 3.63) is 29.6 Å². The molecule has 1 aliphatic heterocycles. The molecule has 0 aromatic carbocycles. The zero-order chi connectivity index (χ0) is 14.0. The van der Waals surface area contributed by atoms with Gasteiger partial charge in [0.15, 0.2) is 0 Å². The van der Waals surface area contributed by atoms with Crippen molar-refractivity contribution in [2.24, 2.45) is 0 Å². The van der Waals surface area contributed by atoms with Crippen LogP contribution in [0.2, 0.25) is 0 Å². The summed E-state index contributed by atoms with van der Waals surface area (Å²) < 4.78 is 0. The summed E-state index contributed by atoms with van der Waals surface area (Å²) in [6, 6.07) is 2.83. The fourth-order valence-corrected chi connectivity index (χ4v) is 2.29. The number of likely N-dealkylation sites (tertiary alicyclic amines) is 1. The third-order valence-electron chi connectivity index (χ3n) is 3.20. The van der Waals surface area contributed by atoms with Crippen LogP contribution < -0.4 is 0 Å². The van der Waals surface area contributed by atoms with E-state index < -0.39 is 17.5 Å². The van der Waals surface area contributed by atoms with Crippen LogP contribution in [0.25, 0.3) is 0 Å². The predicted molar refractivity (Wildman–Crippen MR) is 67.0 cm³/mol. The summed E-state index contributed by atoms with van der Waals surface area (Å²) in [6.07, 6.45) is 2.71. The number of amides is 1. The summed E-state index contributed by atoms with van der Waals surface area (Å²) in [5.41, 5.74) is -1.11. The van der Waals surface area contributed by atoms with Crippen LogP contribution in [0.15, 0.2) is 18.3 Å². The van der Waals surface area contributed by atoms with E-state index in [1.165, 1.54) is 23.2 Å². The molecule has 1 unspecified atom stereocenters. The second kappa shape index (κ2) is 4.97. The first kappa shape index (κ1) is 13.5. The average Bonchev–Trinajstić information content (AvgIpc) is 2.36. The van der Waals surface area contributed by atoms with E-state index in [9.17, 15) is 14.7 Å². The van der Waals surface area contributed by atoms with E-state index in [0.717, 1.165) is 0 Å². The molecule has 1 aromatic rings. The summed E-state index contributed by atoms with van der Waals surface area (Å²) in [6.45, 7) is 2.37. The number of carboxylic acid groups (broad SMARTS) is 1. The Morgan fingerprint density at radius 3 is 2.84 bits per heavy atom. The Morgan fingerprint density at radius 2 is 2.21 bits per heavy atom. The van der Waals surface area contributed by atoms with Gasteiger partial charge in [0, 0.05) is 19.3 Å². The van der Waals surface area contributed by atoms with Gasteiger partial charge in [0.05, 0.1) is 11.2 Å². The quantitative estimate of drug-likeness (QED) is 0.823. The van der Waals surface area contributed by atoms with Gasteiger partial charge >= 0.3 is 5.97 Å². The fraction of sp³-hybridized carbons (Fsp3) is 0.462. The van der Waals surface area contributed by atoms with E-state index in [4.69, 9.17) is 5.11 Å². The highest BCUT2D eigenvalue weighted by atomic mass is 16.4. The van der Waals surface area contributed by atoms with E-state index in [0.29, 0.717) is 19.4 Å². The molecule has 1 aliphatic rings. The lowest BCUT2D eigenvalue weighted by atomic mass is 9.95.